The van der Waals surface area contributed by atoms with E-state index in [4.69, 9.17) is 0 Å². The highest BCUT2D eigenvalue weighted by atomic mass is 32.2. The Morgan fingerprint density at radius 1 is 1.33 bits per heavy atom. The monoisotopic (exact) mass is 400 g/mol. The first kappa shape index (κ1) is 17.9. The number of hydrogen-bond donors (Lipinski definition) is 2. The third-order valence-electron chi connectivity index (χ3n) is 4.57. The van der Waals surface area contributed by atoms with E-state index >= 15 is 0 Å². The van der Waals surface area contributed by atoms with Crippen molar-refractivity contribution >= 4 is 37.6 Å². The molecule has 0 bridgehead atoms. The number of nitrogens with one attached hydrogen (secondary N) is 2. The van der Waals surface area contributed by atoms with Crippen molar-refractivity contribution in [1.82, 2.24) is 24.9 Å². The average molecular weight is 400 g/mol. The molecule has 12 heteroatoms. The average Bonchev–Trinajstić information content (AvgIpc) is 3.28. The zero-order valence-electron chi connectivity index (χ0n) is 13.9. The van der Waals surface area contributed by atoms with Gasteiger partial charge in [-0.2, -0.15) is 18.3 Å². The van der Waals surface area contributed by atoms with Crippen molar-refractivity contribution in [1.29, 1.82) is 0 Å². The maximum Gasteiger partial charge on any atom is 0.402 e. The molecule has 3 aromatic heterocycles. The molecule has 1 aliphatic heterocycles. The molecule has 4 rings (SSSR count). The van der Waals surface area contributed by atoms with E-state index in [0.29, 0.717) is 23.4 Å². The number of pyridine rings is 1. The Hall–Kier alpha value is -2.47. The molecule has 0 aromatic carbocycles. The molecule has 0 saturated carbocycles. The molecule has 0 spiro atoms. The van der Waals surface area contributed by atoms with Crippen molar-refractivity contribution < 1.29 is 21.6 Å². The summed E-state index contributed by atoms with van der Waals surface area (Å²) < 4.78 is 63.1. The van der Waals surface area contributed by atoms with Gasteiger partial charge in [0.15, 0.2) is 0 Å². The third kappa shape index (κ3) is 3.41. The summed E-state index contributed by atoms with van der Waals surface area (Å²) in [4.78, 5) is 9.06. The SMILES string of the molecule is O=S(=O)(NCC(F)(F)F)C1CCN(c2cnnc3cnc4[nH]ccc4c23)C1. The Labute approximate surface area is 151 Å². The molecule has 0 aliphatic carbocycles. The number of halogens is 3. The van der Waals surface area contributed by atoms with Crippen LogP contribution in [0.3, 0.4) is 0 Å². The largest absolute Gasteiger partial charge is 0.402 e. The molecule has 0 amide bonds. The molecule has 144 valence electrons. The molecule has 0 radical (unpaired) electrons. The van der Waals surface area contributed by atoms with Crippen LogP contribution in [0.1, 0.15) is 6.42 Å². The van der Waals surface area contributed by atoms with E-state index in [-0.39, 0.29) is 13.0 Å². The second-order valence-corrected chi connectivity index (χ2v) is 8.37. The molecular formula is C15H15F3N6O2S. The number of rotatable bonds is 4. The summed E-state index contributed by atoms with van der Waals surface area (Å²) in [6.07, 6.45) is 0.466. The second kappa shape index (κ2) is 6.30. The molecule has 1 aliphatic rings. The fourth-order valence-electron chi connectivity index (χ4n) is 3.29. The maximum absolute atomic E-state index is 12.3. The van der Waals surface area contributed by atoms with Crippen LogP contribution in [0.5, 0.6) is 0 Å². The van der Waals surface area contributed by atoms with Gasteiger partial charge in [0.25, 0.3) is 0 Å². The smallest absolute Gasteiger partial charge is 0.368 e. The molecule has 27 heavy (non-hydrogen) atoms. The molecular weight excluding hydrogens is 385 g/mol. The lowest BCUT2D eigenvalue weighted by Gasteiger charge is -2.20. The van der Waals surface area contributed by atoms with Gasteiger partial charge in [-0.3, -0.25) is 0 Å². The Balaban J connectivity index is 1.64. The minimum absolute atomic E-state index is 0.0716. The fraction of sp³-hybridized carbons (Fsp3) is 0.400. The molecule has 1 atom stereocenters. The van der Waals surface area contributed by atoms with Gasteiger partial charge in [-0.05, 0) is 12.5 Å². The summed E-state index contributed by atoms with van der Waals surface area (Å²) in [7, 11) is -4.09. The van der Waals surface area contributed by atoms with Gasteiger partial charge < -0.3 is 9.88 Å². The van der Waals surface area contributed by atoms with Gasteiger partial charge in [0.05, 0.1) is 23.3 Å². The molecule has 3 aromatic rings. The first-order chi connectivity index (χ1) is 12.7. The first-order valence-electron chi connectivity index (χ1n) is 8.12. The van der Waals surface area contributed by atoms with Crippen molar-refractivity contribution in [3.63, 3.8) is 0 Å². The predicted octanol–water partition coefficient (Wildman–Crippen LogP) is 1.57. The van der Waals surface area contributed by atoms with E-state index < -0.39 is 28.0 Å². The van der Waals surface area contributed by atoms with Gasteiger partial charge in [-0.1, -0.05) is 0 Å². The topological polar surface area (TPSA) is 104 Å². The van der Waals surface area contributed by atoms with Crippen LogP contribution in [-0.4, -0.2) is 59.6 Å². The summed E-state index contributed by atoms with van der Waals surface area (Å²) in [5.74, 6) is 0. The van der Waals surface area contributed by atoms with Crippen molar-refractivity contribution in [3.8, 4) is 0 Å². The van der Waals surface area contributed by atoms with E-state index in [1.165, 1.54) is 6.20 Å². The van der Waals surface area contributed by atoms with Gasteiger partial charge in [0, 0.05) is 30.1 Å². The summed E-state index contributed by atoms with van der Waals surface area (Å²) in [6.45, 7) is -1.12. The molecule has 4 heterocycles. The lowest BCUT2D eigenvalue weighted by molar-refractivity contribution is -0.121. The minimum Gasteiger partial charge on any atom is -0.368 e. The van der Waals surface area contributed by atoms with Crippen LogP contribution in [-0.2, 0) is 10.0 Å². The van der Waals surface area contributed by atoms with Gasteiger partial charge in [0.1, 0.15) is 17.7 Å². The number of aromatic amines is 1. The number of hydrogen-bond acceptors (Lipinski definition) is 6. The van der Waals surface area contributed by atoms with Crippen molar-refractivity contribution in [2.24, 2.45) is 0 Å². The summed E-state index contributed by atoms with van der Waals surface area (Å²) in [5, 5.41) is 8.66. The molecule has 1 unspecified atom stereocenters. The summed E-state index contributed by atoms with van der Waals surface area (Å²) in [6, 6.07) is 1.84. The Morgan fingerprint density at radius 2 is 2.15 bits per heavy atom. The highest BCUT2D eigenvalue weighted by Gasteiger charge is 2.37. The molecule has 2 N–H and O–H groups in total. The molecule has 8 nitrogen and oxygen atoms in total. The Bertz CT molecular complexity index is 1100. The Morgan fingerprint density at radius 3 is 2.93 bits per heavy atom. The zero-order valence-corrected chi connectivity index (χ0v) is 14.7. The summed E-state index contributed by atoms with van der Waals surface area (Å²) >= 11 is 0. The first-order valence-corrected chi connectivity index (χ1v) is 9.67. The number of H-pyrrole nitrogens is 1. The lowest BCUT2D eigenvalue weighted by Crippen LogP contribution is -2.41. The lowest BCUT2D eigenvalue weighted by atomic mass is 10.1. The van der Waals surface area contributed by atoms with Crippen LogP contribution in [0, 0.1) is 0 Å². The fourth-order valence-corrected chi connectivity index (χ4v) is 4.69. The normalized spacial score (nSPS) is 18.6. The van der Waals surface area contributed by atoms with E-state index in [2.05, 4.69) is 20.2 Å². The van der Waals surface area contributed by atoms with Gasteiger partial charge in [-0.15, -0.1) is 5.10 Å². The highest BCUT2D eigenvalue weighted by Crippen LogP contribution is 2.33. The van der Waals surface area contributed by atoms with E-state index in [1.807, 2.05) is 6.07 Å². The van der Waals surface area contributed by atoms with E-state index in [9.17, 15) is 21.6 Å². The third-order valence-corrected chi connectivity index (χ3v) is 6.38. The minimum atomic E-state index is -4.59. The quantitative estimate of drug-likeness (QED) is 0.689. The predicted molar refractivity (Wildman–Crippen MR) is 92.8 cm³/mol. The maximum atomic E-state index is 12.3. The van der Waals surface area contributed by atoms with Gasteiger partial charge in [-0.25, -0.2) is 18.1 Å². The highest BCUT2D eigenvalue weighted by molar-refractivity contribution is 7.90. The Kier molecular flexibility index (Phi) is 4.18. The van der Waals surface area contributed by atoms with E-state index in [0.717, 1.165) is 10.8 Å². The standard InChI is InChI=1S/C15H15F3N6O2S/c16-15(17,18)8-22-27(25,26)9-2-4-24(7-9)12-6-21-23-11-5-20-14-10(13(11)12)1-3-19-14/h1,3,5-6,9,22H,2,4,7-8H2,(H,19,20). The number of aromatic nitrogens is 4. The number of alkyl halides is 3. The van der Waals surface area contributed by atoms with Crippen LogP contribution >= 0.6 is 0 Å². The van der Waals surface area contributed by atoms with Crippen molar-refractivity contribution in [2.45, 2.75) is 17.8 Å². The van der Waals surface area contributed by atoms with Crippen LogP contribution in [0.2, 0.25) is 0 Å². The van der Waals surface area contributed by atoms with Crippen LogP contribution in [0.25, 0.3) is 21.9 Å². The molecule has 1 fully saturated rings. The van der Waals surface area contributed by atoms with Crippen LogP contribution < -0.4 is 9.62 Å². The van der Waals surface area contributed by atoms with Crippen LogP contribution in [0.15, 0.2) is 24.7 Å². The number of anilines is 1. The van der Waals surface area contributed by atoms with Gasteiger partial charge >= 0.3 is 6.18 Å². The number of fused-ring (bicyclic) bond motifs is 3. The zero-order chi connectivity index (χ0) is 19.2. The van der Waals surface area contributed by atoms with Crippen molar-refractivity contribution in [2.75, 3.05) is 24.5 Å². The van der Waals surface area contributed by atoms with Crippen LogP contribution in [0.4, 0.5) is 18.9 Å². The van der Waals surface area contributed by atoms with Crippen molar-refractivity contribution in [3.05, 3.63) is 24.7 Å². The summed E-state index contributed by atoms with van der Waals surface area (Å²) in [5.41, 5.74) is 1.90. The van der Waals surface area contributed by atoms with Gasteiger partial charge in [0.2, 0.25) is 10.0 Å². The molecule has 1 saturated heterocycles. The second-order valence-electron chi connectivity index (χ2n) is 6.33. The number of nitrogens with zero attached hydrogens (tertiary/aromatic N) is 4. The van der Waals surface area contributed by atoms with E-state index in [1.54, 1.807) is 22.0 Å². The number of sulfonamides is 1.